The highest BCUT2D eigenvalue weighted by molar-refractivity contribution is 5.52. The van der Waals surface area contributed by atoms with Crippen molar-refractivity contribution in [1.29, 1.82) is 0 Å². The molecule has 0 aliphatic carbocycles. The SMILES string of the molecule is Cc1nc(-c2[c]cccc2)n[nH]1. The topological polar surface area (TPSA) is 41.6 Å². The Morgan fingerprint density at radius 2 is 2.33 bits per heavy atom. The van der Waals surface area contributed by atoms with E-state index in [4.69, 9.17) is 0 Å². The quantitative estimate of drug-likeness (QED) is 0.684. The molecule has 0 fully saturated rings. The summed E-state index contributed by atoms with van der Waals surface area (Å²) in [5, 5.41) is 6.80. The molecule has 12 heavy (non-hydrogen) atoms. The van der Waals surface area contributed by atoms with Gasteiger partial charge >= 0.3 is 0 Å². The van der Waals surface area contributed by atoms with Gasteiger partial charge in [0.2, 0.25) is 0 Å². The predicted octanol–water partition coefficient (Wildman–Crippen LogP) is 1.58. The lowest BCUT2D eigenvalue weighted by molar-refractivity contribution is 1.04. The van der Waals surface area contributed by atoms with Crippen molar-refractivity contribution < 1.29 is 0 Å². The minimum absolute atomic E-state index is 0.702. The molecule has 3 nitrogen and oxygen atoms in total. The predicted molar refractivity (Wildman–Crippen MR) is 45.4 cm³/mol. The average Bonchev–Trinajstić information content (AvgIpc) is 2.54. The van der Waals surface area contributed by atoms with Crippen LogP contribution < -0.4 is 0 Å². The number of benzene rings is 1. The molecule has 1 radical (unpaired) electrons. The lowest BCUT2D eigenvalue weighted by Gasteiger charge is -1.90. The van der Waals surface area contributed by atoms with E-state index in [9.17, 15) is 0 Å². The molecule has 0 aliphatic rings. The smallest absolute Gasteiger partial charge is 0.181 e. The largest absolute Gasteiger partial charge is 0.263 e. The van der Waals surface area contributed by atoms with Gasteiger partial charge in [-0.1, -0.05) is 24.3 Å². The molecule has 2 aromatic rings. The lowest BCUT2D eigenvalue weighted by Crippen LogP contribution is -1.79. The zero-order valence-corrected chi connectivity index (χ0v) is 6.70. The molecule has 0 aliphatic heterocycles. The summed E-state index contributed by atoms with van der Waals surface area (Å²) < 4.78 is 0. The summed E-state index contributed by atoms with van der Waals surface area (Å²) in [5.41, 5.74) is 0.918. The van der Waals surface area contributed by atoms with Gasteiger partial charge in [-0.25, -0.2) is 4.98 Å². The van der Waals surface area contributed by atoms with Crippen LogP contribution in [0.25, 0.3) is 11.4 Å². The van der Waals surface area contributed by atoms with Crippen LogP contribution in [0.4, 0.5) is 0 Å². The molecule has 0 bridgehead atoms. The second kappa shape index (κ2) is 2.77. The second-order valence-electron chi connectivity index (χ2n) is 2.52. The molecule has 0 spiro atoms. The van der Waals surface area contributed by atoms with Crippen molar-refractivity contribution >= 4 is 0 Å². The van der Waals surface area contributed by atoms with Crippen LogP contribution in [0, 0.1) is 13.0 Å². The zero-order chi connectivity index (χ0) is 8.39. The third-order valence-corrected chi connectivity index (χ3v) is 1.55. The fourth-order valence-electron chi connectivity index (χ4n) is 0.996. The molecule has 2 rings (SSSR count). The Morgan fingerprint density at radius 1 is 1.42 bits per heavy atom. The standard InChI is InChI=1S/C9H8N3/c1-7-10-9(12-11-7)8-5-3-2-4-6-8/h2-5H,1H3,(H,10,11,12). The number of aryl methyl sites for hydroxylation is 1. The maximum Gasteiger partial charge on any atom is 0.181 e. The van der Waals surface area contributed by atoms with Crippen LogP contribution in [0.15, 0.2) is 24.3 Å². The first-order valence-corrected chi connectivity index (χ1v) is 3.72. The zero-order valence-electron chi connectivity index (χ0n) is 6.70. The molecule has 0 saturated heterocycles. The third-order valence-electron chi connectivity index (χ3n) is 1.55. The number of hydrogen-bond donors (Lipinski definition) is 1. The first kappa shape index (κ1) is 7.03. The van der Waals surface area contributed by atoms with Gasteiger partial charge in [-0.2, -0.15) is 5.10 Å². The molecule has 0 amide bonds. The van der Waals surface area contributed by atoms with E-state index in [0.29, 0.717) is 5.82 Å². The van der Waals surface area contributed by atoms with Gasteiger partial charge in [-0.3, -0.25) is 5.10 Å². The molecule has 59 valence electrons. The normalized spacial score (nSPS) is 10.1. The van der Waals surface area contributed by atoms with E-state index in [1.54, 1.807) is 0 Å². The van der Waals surface area contributed by atoms with Crippen molar-refractivity contribution in [2.75, 3.05) is 0 Å². The van der Waals surface area contributed by atoms with Gasteiger partial charge in [0.15, 0.2) is 5.82 Å². The molecule has 1 aromatic carbocycles. The van der Waals surface area contributed by atoms with Gasteiger partial charge in [0, 0.05) is 5.56 Å². The van der Waals surface area contributed by atoms with Crippen LogP contribution in [0.5, 0.6) is 0 Å². The summed E-state index contributed by atoms with van der Waals surface area (Å²) in [7, 11) is 0. The van der Waals surface area contributed by atoms with Crippen LogP contribution >= 0.6 is 0 Å². The molecular formula is C9H8N3. The van der Waals surface area contributed by atoms with E-state index in [1.807, 2.05) is 31.2 Å². The summed E-state index contributed by atoms with van der Waals surface area (Å²) in [4.78, 5) is 4.18. The fourth-order valence-corrected chi connectivity index (χ4v) is 0.996. The van der Waals surface area contributed by atoms with Crippen LogP contribution in [0.2, 0.25) is 0 Å². The fraction of sp³-hybridized carbons (Fsp3) is 0.111. The van der Waals surface area contributed by atoms with Crippen molar-refractivity contribution in [1.82, 2.24) is 15.2 Å². The molecule has 0 unspecified atom stereocenters. The number of nitrogens with zero attached hydrogens (tertiary/aromatic N) is 2. The highest BCUT2D eigenvalue weighted by Gasteiger charge is 2.00. The van der Waals surface area contributed by atoms with E-state index < -0.39 is 0 Å². The summed E-state index contributed by atoms with van der Waals surface area (Å²) >= 11 is 0. The molecular weight excluding hydrogens is 150 g/mol. The Balaban J connectivity index is 2.45. The first-order valence-electron chi connectivity index (χ1n) is 3.72. The van der Waals surface area contributed by atoms with Crippen LogP contribution in [0.3, 0.4) is 0 Å². The van der Waals surface area contributed by atoms with E-state index in [-0.39, 0.29) is 0 Å². The second-order valence-corrected chi connectivity index (χ2v) is 2.52. The highest BCUT2D eigenvalue weighted by atomic mass is 15.2. The van der Waals surface area contributed by atoms with Gasteiger partial charge in [0.1, 0.15) is 5.82 Å². The van der Waals surface area contributed by atoms with Gasteiger partial charge < -0.3 is 0 Å². The van der Waals surface area contributed by atoms with Crippen LogP contribution in [-0.4, -0.2) is 15.2 Å². The van der Waals surface area contributed by atoms with E-state index in [1.165, 1.54) is 0 Å². The lowest BCUT2D eigenvalue weighted by atomic mass is 10.2. The minimum Gasteiger partial charge on any atom is -0.263 e. The van der Waals surface area contributed by atoms with Crippen molar-refractivity contribution in [3.63, 3.8) is 0 Å². The number of H-pyrrole nitrogens is 1. The van der Waals surface area contributed by atoms with Crippen LogP contribution in [0.1, 0.15) is 5.82 Å². The first-order chi connectivity index (χ1) is 5.86. The van der Waals surface area contributed by atoms with Crippen molar-refractivity contribution in [3.05, 3.63) is 36.2 Å². The molecule has 1 heterocycles. The van der Waals surface area contributed by atoms with E-state index in [0.717, 1.165) is 11.4 Å². The number of rotatable bonds is 1. The highest BCUT2D eigenvalue weighted by Crippen LogP contribution is 2.11. The Morgan fingerprint density at radius 3 is 2.92 bits per heavy atom. The minimum atomic E-state index is 0.702. The summed E-state index contributed by atoms with van der Waals surface area (Å²) in [6.07, 6.45) is 0. The van der Waals surface area contributed by atoms with Gasteiger partial charge in [0.05, 0.1) is 0 Å². The monoisotopic (exact) mass is 158 g/mol. The number of nitrogens with one attached hydrogen (secondary N) is 1. The third kappa shape index (κ3) is 1.21. The molecule has 0 saturated carbocycles. The average molecular weight is 158 g/mol. The Labute approximate surface area is 70.5 Å². The summed E-state index contributed by atoms with van der Waals surface area (Å²) in [6.45, 7) is 1.87. The number of aromatic amines is 1. The molecule has 1 N–H and O–H groups in total. The van der Waals surface area contributed by atoms with Gasteiger partial charge in [-0.15, -0.1) is 0 Å². The summed E-state index contributed by atoms with van der Waals surface area (Å²) in [5.74, 6) is 1.52. The Kier molecular flexibility index (Phi) is 1.63. The maximum atomic E-state index is 4.18. The Bertz CT molecular complexity index is 364. The molecule has 0 atom stereocenters. The van der Waals surface area contributed by atoms with Crippen LogP contribution in [-0.2, 0) is 0 Å². The van der Waals surface area contributed by atoms with E-state index in [2.05, 4.69) is 21.2 Å². The molecule has 3 heteroatoms. The van der Waals surface area contributed by atoms with Crippen molar-refractivity contribution in [3.8, 4) is 11.4 Å². The Hall–Kier alpha value is -1.64. The van der Waals surface area contributed by atoms with Crippen molar-refractivity contribution in [2.24, 2.45) is 0 Å². The summed E-state index contributed by atoms with van der Waals surface area (Å²) in [6, 6.07) is 10.7. The maximum absolute atomic E-state index is 4.18. The van der Waals surface area contributed by atoms with Gasteiger partial charge in [-0.05, 0) is 13.0 Å². The van der Waals surface area contributed by atoms with E-state index >= 15 is 0 Å². The van der Waals surface area contributed by atoms with Crippen molar-refractivity contribution in [2.45, 2.75) is 6.92 Å². The number of aromatic nitrogens is 3. The molecule has 1 aromatic heterocycles. The van der Waals surface area contributed by atoms with Gasteiger partial charge in [0.25, 0.3) is 0 Å². The number of hydrogen-bond acceptors (Lipinski definition) is 2.